The molecule has 0 aliphatic carbocycles. The third-order valence-electron chi connectivity index (χ3n) is 2.58. The maximum absolute atomic E-state index is 11.8. The van der Waals surface area contributed by atoms with Gasteiger partial charge in [-0.15, -0.1) is 0 Å². The fourth-order valence-electron chi connectivity index (χ4n) is 1.60. The zero-order chi connectivity index (χ0) is 15.1. The van der Waals surface area contributed by atoms with Crippen LogP contribution < -0.4 is 5.43 Å². The molecule has 0 bridgehead atoms. The largest absolute Gasteiger partial charge is 0.272 e. The van der Waals surface area contributed by atoms with Gasteiger partial charge in [0.25, 0.3) is 5.91 Å². The minimum absolute atomic E-state index is 0.361. The van der Waals surface area contributed by atoms with Gasteiger partial charge in [-0.1, -0.05) is 65.7 Å². The van der Waals surface area contributed by atoms with Gasteiger partial charge in [0.1, 0.15) is 0 Å². The van der Waals surface area contributed by atoms with E-state index in [0.717, 1.165) is 5.56 Å². The SMILES string of the molecule is O=C(N/N=C\C(Cl)=C\c1ccccc1)c1ccccc1Cl. The molecular formula is C16H12Cl2N2O. The van der Waals surface area contributed by atoms with Crippen LogP contribution in [0.3, 0.4) is 0 Å². The second kappa shape index (κ2) is 7.62. The van der Waals surface area contributed by atoms with Gasteiger partial charge in [-0.05, 0) is 23.8 Å². The van der Waals surface area contributed by atoms with Crippen LogP contribution in [0.5, 0.6) is 0 Å². The van der Waals surface area contributed by atoms with Gasteiger partial charge in [0.2, 0.25) is 0 Å². The van der Waals surface area contributed by atoms with Crippen molar-refractivity contribution in [2.24, 2.45) is 5.10 Å². The van der Waals surface area contributed by atoms with Crippen molar-refractivity contribution in [3.05, 3.63) is 75.8 Å². The van der Waals surface area contributed by atoms with Crippen LogP contribution >= 0.6 is 23.2 Å². The first-order valence-corrected chi connectivity index (χ1v) is 6.92. The molecule has 0 aromatic heterocycles. The summed E-state index contributed by atoms with van der Waals surface area (Å²) < 4.78 is 0. The Morgan fingerprint density at radius 3 is 2.43 bits per heavy atom. The maximum atomic E-state index is 11.8. The number of allylic oxidation sites excluding steroid dienone is 1. The van der Waals surface area contributed by atoms with E-state index in [9.17, 15) is 4.79 Å². The average molecular weight is 319 g/mol. The lowest BCUT2D eigenvalue weighted by molar-refractivity contribution is 0.0955. The van der Waals surface area contributed by atoms with Crippen LogP contribution in [0.1, 0.15) is 15.9 Å². The third-order valence-corrected chi connectivity index (χ3v) is 3.11. The van der Waals surface area contributed by atoms with E-state index >= 15 is 0 Å². The number of benzene rings is 2. The molecule has 1 N–H and O–H groups in total. The van der Waals surface area contributed by atoms with E-state index in [2.05, 4.69) is 10.5 Å². The number of hydrogen-bond donors (Lipinski definition) is 1. The lowest BCUT2D eigenvalue weighted by Crippen LogP contribution is -2.17. The predicted molar refractivity (Wildman–Crippen MR) is 87.7 cm³/mol. The number of nitrogens with zero attached hydrogens (tertiary/aromatic N) is 1. The number of nitrogens with one attached hydrogen (secondary N) is 1. The Morgan fingerprint density at radius 2 is 1.71 bits per heavy atom. The smallest absolute Gasteiger partial charge is 0.267 e. The zero-order valence-corrected chi connectivity index (χ0v) is 12.5. The number of rotatable bonds is 4. The number of halogens is 2. The Labute approximate surface area is 132 Å². The van der Waals surface area contributed by atoms with Gasteiger partial charge in [-0.3, -0.25) is 4.79 Å². The molecule has 0 radical (unpaired) electrons. The summed E-state index contributed by atoms with van der Waals surface area (Å²) in [7, 11) is 0. The summed E-state index contributed by atoms with van der Waals surface area (Å²) in [4.78, 5) is 11.8. The Balaban J connectivity index is 1.98. The lowest BCUT2D eigenvalue weighted by Gasteiger charge is -2.01. The summed E-state index contributed by atoms with van der Waals surface area (Å²) in [6, 6.07) is 16.3. The third kappa shape index (κ3) is 4.74. The van der Waals surface area contributed by atoms with Crippen LogP contribution in [-0.2, 0) is 0 Å². The summed E-state index contributed by atoms with van der Waals surface area (Å²) in [5, 5.41) is 4.58. The molecule has 0 fully saturated rings. The number of carbonyl (C=O) groups is 1. The van der Waals surface area contributed by atoms with Crippen LogP contribution in [0.2, 0.25) is 5.02 Å². The van der Waals surface area contributed by atoms with Crippen LogP contribution in [0.25, 0.3) is 6.08 Å². The number of hydrogen-bond acceptors (Lipinski definition) is 2. The highest BCUT2D eigenvalue weighted by molar-refractivity contribution is 6.41. The molecule has 3 nitrogen and oxygen atoms in total. The molecule has 2 rings (SSSR count). The van der Waals surface area contributed by atoms with Crippen molar-refractivity contribution in [2.45, 2.75) is 0 Å². The molecule has 0 heterocycles. The topological polar surface area (TPSA) is 41.5 Å². The van der Waals surface area contributed by atoms with Gasteiger partial charge < -0.3 is 0 Å². The molecule has 0 unspecified atom stereocenters. The molecule has 106 valence electrons. The van der Waals surface area contributed by atoms with Gasteiger partial charge in [-0.2, -0.15) is 5.10 Å². The van der Waals surface area contributed by atoms with Gasteiger partial charge in [0, 0.05) is 0 Å². The van der Waals surface area contributed by atoms with Crippen molar-refractivity contribution in [3.8, 4) is 0 Å². The standard InChI is InChI=1S/C16H12Cl2N2O/c17-13(10-12-6-2-1-3-7-12)11-19-20-16(21)14-8-4-5-9-15(14)18/h1-11H,(H,20,21)/b13-10-,19-11-. The maximum Gasteiger partial charge on any atom is 0.272 e. The highest BCUT2D eigenvalue weighted by Crippen LogP contribution is 2.14. The van der Waals surface area contributed by atoms with Crippen LogP contribution in [-0.4, -0.2) is 12.1 Å². The fraction of sp³-hybridized carbons (Fsp3) is 0. The first-order valence-electron chi connectivity index (χ1n) is 6.17. The van der Waals surface area contributed by atoms with E-state index in [-0.39, 0.29) is 5.91 Å². The van der Waals surface area contributed by atoms with Gasteiger partial charge in [0.15, 0.2) is 0 Å². The Hall–Kier alpha value is -2.10. The van der Waals surface area contributed by atoms with Crippen LogP contribution in [0.4, 0.5) is 0 Å². The van der Waals surface area contributed by atoms with Crippen molar-refractivity contribution in [3.63, 3.8) is 0 Å². The number of hydrazone groups is 1. The molecule has 0 aliphatic rings. The molecule has 2 aromatic carbocycles. The average Bonchev–Trinajstić information content (AvgIpc) is 2.48. The Morgan fingerprint density at radius 1 is 1.05 bits per heavy atom. The normalized spacial score (nSPS) is 11.6. The monoisotopic (exact) mass is 318 g/mol. The van der Waals surface area contributed by atoms with E-state index in [1.54, 1.807) is 30.3 Å². The van der Waals surface area contributed by atoms with Crippen molar-refractivity contribution < 1.29 is 4.79 Å². The Kier molecular flexibility index (Phi) is 5.55. The quantitative estimate of drug-likeness (QED) is 0.661. The summed E-state index contributed by atoms with van der Waals surface area (Å²) in [5.41, 5.74) is 3.69. The summed E-state index contributed by atoms with van der Waals surface area (Å²) in [6.45, 7) is 0. The molecule has 0 spiro atoms. The minimum Gasteiger partial charge on any atom is -0.267 e. The van der Waals surface area contributed by atoms with Gasteiger partial charge >= 0.3 is 0 Å². The van der Waals surface area contributed by atoms with Crippen LogP contribution in [0.15, 0.2) is 64.7 Å². The molecule has 5 heteroatoms. The fourth-order valence-corrected chi connectivity index (χ4v) is 2.00. The lowest BCUT2D eigenvalue weighted by atomic mass is 10.2. The van der Waals surface area contributed by atoms with E-state index in [0.29, 0.717) is 15.6 Å². The molecule has 0 aliphatic heterocycles. The molecule has 1 amide bonds. The van der Waals surface area contributed by atoms with Crippen molar-refractivity contribution in [2.75, 3.05) is 0 Å². The second-order valence-corrected chi connectivity index (χ2v) is 4.96. The zero-order valence-electron chi connectivity index (χ0n) is 11.0. The van der Waals surface area contributed by atoms with Crippen LogP contribution in [0, 0.1) is 0 Å². The Bertz CT molecular complexity index is 682. The second-order valence-electron chi connectivity index (χ2n) is 4.12. The summed E-state index contributed by atoms with van der Waals surface area (Å²) in [6.07, 6.45) is 3.11. The van der Waals surface area contributed by atoms with Gasteiger partial charge in [-0.25, -0.2) is 5.43 Å². The molecular weight excluding hydrogens is 307 g/mol. The van der Waals surface area contributed by atoms with Gasteiger partial charge in [0.05, 0.1) is 21.8 Å². The summed E-state index contributed by atoms with van der Waals surface area (Å²) in [5.74, 6) is -0.388. The highest BCUT2D eigenvalue weighted by Gasteiger charge is 2.07. The first kappa shape index (κ1) is 15.3. The molecule has 0 atom stereocenters. The molecule has 0 saturated heterocycles. The first-order chi connectivity index (χ1) is 10.2. The van der Waals surface area contributed by atoms with E-state index in [1.807, 2.05) is 30.3 Å². The van der Waals surface area contributed by atoms with E-state index < -0.39 is 0 Å². The molecule has 2 aromatic rings. The van der Waals surface area contributed by atoms with Crippen molar-refractivity contribution in [1.82, 2.24) is 5.43 Å². The number of amides is 1. The molecule has 0 saturated carbocycles. The summed E-state index contributed by atoms with van der Waals surface area (Å²) >= 11 is 11.9. The minimum atomic E-state index is -0.388. The van der Waals surface area contributed by atoms with E-state index in [1.165, 1.54) is 6.21 Å². The van der Waals surface area contributed by atoms with Crippen molar-refractivity contribution >= 4 is 41.4 Å². The number of carbonyl (C=O) groups excluding carboxylic acids is 1. The predicted octanol–water partition coefficient (Wildman–Crippen LogP) is 4.34. The van der Waals surface area contributed by atoms with Crippen molar-refractivity contribution in [1.29, 1.82) is 0 Å². The molecule has 21 heavy (non-hydrogen) atoms. The highest BCUT2D eigenvalue weighted by atomic mass is 35.5. The van der Waals surface area contributed by atoms with E-state index in [4.69, 9.17) is 23.2 Å².